The zero-order valence-corrected chi connectivity index (χ0v) is 15.8. The fourth-order valence-corrected chi connectivity index (χ4v) is 4.32. The molecule has 3 fully saturated rings. The molecule has 0 unspecified atom stereocenters. The van der Waals surface area contributed by atoms with Crippen molar-refractivity contribution in [1.29, 1.82) is 0 Å². The number of hydrogen-bond donors (Lipinski definition) is 2. The summed E-state index contributed by atoms with van der Waals surface area (Å²) in [5.74, 6) is 0.852. The highest BCUT2D eigenvalue weighted by molar-refractivity contribution is 5.42. The van der Waals surface area contributed by atoms with Crippen LogP contribution in [0.5, 0.6) is 0 Å². The fourth-order valence-electron chi connectivity index (χ4n) is 4.32. The number of anilines is 1. The first-order valence-corrected chi connectivity index (χ1v) is 10.0. The zero-order valence-electron chi connectivity index (χ0n) is 15.8. The van der Waals surface area contributed by atoms with Crippen molar-refractivity contribution in [3.63, 3.8) is 0 Å². The lowest BCUT2D eigenvalue weighted by Crippen LogP contribution is -2.67. The lowest BCUT2D eigenvalue weighted by Gasteiger charge is -2.55. The Kier molecular flexibility index (Phi) is 4.44. The van der Waals surface area contributed by atoms with Crippen LogP contribution in [0.3, 0.4) is 0 Å². The van der Waals surface area contributed by atoms with Gasteiger partial charge in [0.05, 0.1) is 24.3 Å². The molecule has 1 saturated carbocycles. The van der Waals surface area contributed by atoms with Crippen molar-refractivity contribution in [3.05, 3.63) is 57.9 Å². The van der Waals surface area contributed by atoms with E-state index in [1.54, 1.807) is 6.20 Å². The van der Waals surface area contributed by atoms with Crippen molar-refractivity contribution >= 4 is 5.82 Å². The van der Waals surface area contributed by atoms with Crippen molar-refractivity contribution in [2.24, 2.45) is 5.41 Å². The molecule has 6 nitrogen and oxygen atoms in total. The lowest BCUT2D eigenvalue weighted by molar-refractivity contribution is -0.127. The van der Waals surface area contributed by atoms with Crippen molar-refractivity contribution in [3.8, 4) is 0 Å². The summed E-state index contributed by atoms with van der Waals surface area (Å²) < 4.78 is 18.3. The van der Waals surface area contributed by atoms with E-state index in [1.165, 1.54) is 17.7 Å². The lowest BCUT2D eigenvalue weighted by atomic mass is 9.78. The first-order chi connectivity index (χ1) is 13.6. The van der Waals surface area contributed by atoms with Crippen LogP contribution in [0.2, 0.25) is 0 Å². The Labute approximate surface area is 163 Å². The molecule has 28 heavy (non-hydrogen) atoms. The van der Waals surface area contributed by atoms with Crippen molar-refractivity contribution in [2.45, 2.75) is 31.2 Å². The summed E-state index contributed by atoms with van der Waals surface area (Å²) in [6.07, 6.45) is 4.62. The fraction of sp³-hybridized carbons (Fsp3) is 0.524. The number of ether oxygens (including phenoxy) is 1. The Hall–Kier alpha value is -2.25. The molecular weight excluding hydrogens is 359 g/mol. The Morgan fingerprint density at radius 1 is 1.29 bits per heavy atom. The quantitative estimate of drug-likeness (QED) is 0.713. The van der Waals surface area contributed by atoms with Crippen LogP contribution in [0.1, 0.15) is 30.0 Å². The summed E-state index contributed by atoms with van der Waals surface area (Å²) >= 11 is 0. The van der Waals surface area contributed by atoms with Gasteiger partial charge in [0.25, 0.3) is 5.56 Å². The second-order valence-electron chi connectivity index (χ2n) is 8.45. The minimum Gasteiger partial charge on any atom is -0.380 e. The molecular formula is C21H25FN4O2. The number of hydrogen-bond acceptors (Lipinski definition) is 5. The molecule has 0 amide bonds. The molecule has 148 valence electrons. The van der Waals surface area contributed by atoms with Crippen LogP contribution in [0.25, 0.3) is 0 Å². The number of H-pyrrole nitrogens is 1. The maximum atomic E-state index is 13.0. The van der Waals surface area contributed by atoms with Gasteiger partial charge in [-0.15, -0.1) is 0 Å². The second kappa shape index (κ2) is 6.97. The molecule has 7 heteroatoms. The molecule has 2 saturated heterocycles. The van der Waals surface area contributed by atoms with Crippen LogP contribution in [-0.4, -0.2) is 48.9 Å². The van der Waals surface area contributed by atoms with Crippen LogP contribution in [0, 0.1) is 11.2 Å². The topological polar surface area (TPSA) is 70.2 Å². The Morgan fingerprint density at radius 2 is 2.07 bits per heavy atom. The monoisotopic (exact) mass is 384 g/mol. The summed E-state index contributed by atoms with van der Waals surface area (Å²) in [7, 11) is 0. The van der Waals surface area contributed by atoms with Crippen LogP contribution in [-0.2, 0) is 11.2 Å². The molecule has 3 aliphatic rings. The van der Waals surface area contributed by atoms with E-state index in [9.17, 15) is 9.18 Å². The molecule has 1 aliphatic carbocycles. The van der Waals surface area contributed by atoms with Crippen LogP contribution < -0.4 is 15.8 Å². The Bertz CT molecular complexity index is 901. The van der Waals surface area contributed by atoms with Crippen molar-refractivity contribution in [2.75, 3.05) is 37.7 Å². The van der Waals surface area contributed by atoms with E-state index >= 15 is 0 Å². The van der Waals surface area contributed by atoms with Gasteiger partial charge in [0.15, 0.2) is 5.82 Å². The SMILES string of the molecule is O=c1[nH]cc(CCCN[C@@H]2C[C@H]2c2ccc(F)cc2)nc1N1CC2(COC2)C1. The van der Waals surface area contributed by atoms with Crippen molar-refractivity contribution < 1.29 is 9.13 Å². The molecule has 2 aromatic rings. The second-order valence-corrected chi connectivity index (χ2v) is 8.45. The van der Waals surface area contributed by atoms with Gasteiger partial charge in [-0.25, -0.2) is 9.37 Å². The van der Waals surface area contributed by atoms with E-state index < -0.39 is 0 Å². The van der Waals surface area contributed by atoms with Gasteiger partial charge in [0.2, 0.25) is 0 Å². The minimum atomic E-state index is -0.184. The Balaban J connectivity index is 1.08. The largest absolute Gasteiger partial charge is 0.380 e. The van der Waals surface area contributed by atoms with Gasteiger partial charge in [-0.3, -0.25) is 4.79 Å². The van der Waals surface area contributed by atoms with Crippen molar-refractivity contribution in [1.82, 2.24) is 15.3 Å². The maximum absolute atomic E-state index is 13.0. The van der Waals surface area contributed by atoms with Crippen LogP contribution in [0.15, 0.2) is 35.3 Å². The molecule has 1 aromatic carbocycles. The van der Waals surface area contributed by atoms with Gasteiger partial charge in [-0.05, 0) is 43.5 Å². The van der Waals surface area contributed by atoms with Gasteiger partial charge in [-0.2, -0.15) is 0 Å². The summed E-state index contributed by atoms with van der Waals surface area (Å²) in [6.45, 7) is 4.23. The van der Waals surface area contributed by atoms with E-state index in [-0.39, 0.29) is 16.8 Å². The van der Waals surface area contributed by atoms with Gasteiger partial charge >= 0.3 is 0 Å². The standard InChI is InChI=1S/C21H25FN4O2/c22-15-5-3-14(4-6-15)17-8-18(17)23-7-1-2-16-9-24-20(27)19(25-16)26-10-21(11-26)12-28-13-21/h3-6,9,17-18,23H,1-2,7-8,10-13H2,(H,24,27)/t17-,18+/m0/s1. The van der Waals surface area contributed by atoms with Gasteiger partial charge in [0, 0.05) is 31.2 Å². The van der Waals surface area contributed by atoms with Gasteiger partial charge in [-0.1, -0.05) is 12.1 Å². The van der Waals surface area contributed by atoms with E-state index in [1.807, 2.05) is 12.1 Å². The molecule has 1 spiro atoms. The number of aromatic amines is 1. The molecule has 2 N–H and O–H groups in total. The average molecular weight is 384 g/mol. The first-order valence-electron chi connectivity index (χ1n) is 10.0. The highest BCUT2D eigenvalue weighted by atomic mass is 19.1. The number of benzene rings is 1. The molecule has 3 heterocycles. The number of halogens is 1. The number of nitrogens with zero attached hydrogens (tertiary/aromatic N) is 2. The molecule has 5 rings (SSSR count). The zero-order chi connectivity index (χ0) is 19.1. The third-order valence-corrected chi connectivity index (χ3v) is 6.10. The maximum Gasteiger partial charge on any atom is 0.290 e. The number of nitrogens with one attached hydrogen (secondary N) is 2. The predicted molar refractivity (Wildman–Crippen MR) is 104 cm³/mol. The summed E-state index contributed by atoms with van der Waals surface area (Å²) in [5.41, 5.74) is 2.28. The number of aryl methyl sites for hydroxylation is 1. The van der Waals surface area contributed by atoms with E-state index in [4.69, 9.17) is 4.74 Å². The Morgan fingerprint density at radius 3 is 2.79 bits per heavy atom. The minimum absolute atomic E-state index is 0.114. The van der Waals surface area contributed by atoms with E-state index in [0.717, 1.165) is 57.8 Å². The summed E-state index contributed by atoms with van der Waals surface area (Å²) in [5, 5.41) is 3.57. The average Bonchev–Trinajstić information content (AvgIpc) is 3.39. The van der Waals surface area contributed by atoms with E-state index in [2.05, 4.69) is 20.2 Å². The third-order valence-electron chi connectivity index (χ3n) is 6.10. The number of aromatic nitrogens is 2. The number of rotatable bonds is 7. The molecule has 0 bridgehead atoms. The smallest absolute Gasteiger partial charge is 0.290 e. The molecule has 0 radical (unpaired) electrons. The molecule has 1 aromatic heterocycles. The normalized spacial score (nSPS) is 24.7. The molecule has 2 aliphatic heterocycles. The van der Waals surface area contributed by atoms with Crippen LogP contribution in [0.4, 0.5) is 10.2 Å². The predicted octanol–water partition coefficient (Wildman–Crippen LogP) is 1.82. The highest BCUT2D eigenvalue weighted by Crippen LogP contribution is 2.41. The van der Waals surface area contributed by atoms with E-state index in [0.29, 0.717) is 17.8 Å². The van der Waals surface area contributed by atoms with Gasteiger partial charge < -0.3 is 19.9 Å². The highest BCUT2D eigenvalue weighted by Gasteiger charge is 2.50. The van der Waals surface area contributed by atoms with Gasteiger partial charge in [0.1, 0.15) is 5.82 Å². The van der Waals surface area contributed by atoms with Crippen LogP contribution >= 0.6 is 0 Å². The summed E-state index contributed by atoms with van der Waals surface area (Å²) in [6, 6.07) is 7.29. The first kappa shape index (κ1) is 17.8. The third kappa shape index (κ3) is 3.44. The molecule has 2 atom stereocenters. The summed E-state index contributed by atoms with van der Waals surface area (Å²) in [4.78, 5) is 21.6.